The van der Waals surface area contributed by atoms with E-state index in [2.05, 4.69) is 21.2 Å². The number of nitrogen functional groups attached to an aromatic ring is 1. The highest BCUT2D eigenvalue weighted by molar-refractivity contribution is 9.10. The zero-order valence-electron chi connectivity index (χ0n) is 11.4. The van der Waals surface area contributed by atoms with Gasteiger partial charge in [-0.25, -0.2) is 0 Å². The van der Waals surface area contributed by atoms with Gasteiger partial charge in [0.05, 0.1) is 5.56 Å². The fraction of sp³-hybridized carbons (Fsp3) is 0.133. The van der Waals surface area contributed by atoms with Crippen molar-refractivity contribution in [3.05, 3.63) is 52.5 Å². The van der Waals surface area contributed by atoms with E-state index >= 15 is 0 Å². The summed E-state index contributed by atoms with van der Waals surface area (Å²) in [5, 5.41) is 2.83. The minimum absolute atomic E-state index is 0.215. The molecule has 0 fully saturated rings. The second-order valence-corrected chi connectivity index (χ2v) is 5.54. The van der Waals surface area contributed by atoms with Crippen molar-refractivity contribution in [2.24, 2.45) is 0 Å². The predicted octanol–water partition coefficient (Wildman–Crippen LogP) is 3.35. The molecule has 0 atom stereocenters. The molecule has 2 rings (SSSR count). The Hall–Kier alpha value is -2.01. The van der Waals surface area contributed by atoms with Crippen molar-refractivity contribution in [2.75, 3.05) is 30.0 Å². The zero-order chi connectivity index (χ0) is 14.7. The number of benzene rings is 2. The lowest BCUT2D eigenvalue weighted by Gasteiger charge is -2.13. The Morgan fingerprint density at radius 1 is 1.15 bits per heavy atom. The molecule has 104 valence electrons. The van der Waals surface area contributed by atoms with Crippen LogP contribution in [-0.2, 0) is 0 Å². The number of rotatable bonds is 3. The summed E-state index contributed by atoms with van der Waals surface area (Å²) in [6, 6.07) is 12.8. The summed E-state index contributed by atoms with van der Waals surface area (Å²) in [4.78, 5) is 14.1. The highest BCUT2D eigenvalue weighted by Gasteiger charge is 2.10. The maximum Gasteiger partial charge on any atom is 0.257 e. The number of amides is 1. The molecule has 20 heavy (non-hydrogen) atoms. The monoisotopic (exact) mass is 333 g/mol. The molecule has 0 aliphatic rings. The lowest BCUT2D eigenvalue weighted by Crippen LogP contribution is -2.14. The lowest BCUT2D eigenvalue weighted by atomic mass is 10.1. The van der Waals surface area contributed by atoms with Gasteiger partial charge in [0.1, 0.15) is 0 Å². The van der Waals surface area contributed by atoms with Gasteiger partial charge in [-0.05, 0) is 42.5 Å². The second-order valence-electron chi connectivity index (χ2n) is 4.63. The third-order valence-corrected chi connectivity index (χ3v) is 3.39. The first kappa shape index (κ1) is 14.4. The van der Waals surface area contributed by atoms with Crippen LogP contribution >= 0.6 is 15.9 Å². The topological polar surface area (TPSA) is 58.4 Å². The molecule has 2 aromatic carbocycles. The van der Waals surface area contributed by atoms with E-state index in [1.807, 2.05) is 43.3 Å². The number of halogens is 1. The molecule has 0 aromatic heterocycles. The maximum atomic E-state index is 12.1. The molecule has 0 aliphatic carbocycles. The van der Waals surface area contributed by atoms with Gasteiger partial charge >= 0.3 is 0 Å². The molecular formula is C15H16BrN3O. The van der Waals surface area contributed by atoms with Gasteiger partial charge in [0.15, 0.2) is 0 Å². The Morgan fingerprint density at radius 2 is 1.80 bits per heavy atom. The molecule has 0 heterocycles. The van der Waals surface area contributed by atoms with Crippen molar-refractivity contribution < 1.29 is 4.79 Å². The molecule has 0 radical (unpaired) electrons. The molecule has 0 bridgehead atoms. The lowest BCUT2D eigenvalue weighted by molar-refractivity contribution is 0.102. The number of nitrogens with zero attached hydrogens (tertiary/aromatic N) is 1. The normalized spacial score (nSPS) is 10.2. The summed E-state index contributed by atoms with van der Waals surface area (Å²) >= 11 is 3.32. The number of nitrogens with two attached hydrogens (primary N) is 1. The fourth-order valence-electron chi connectivity index (χ4n) is 1.78. The number of hydrogen-bond donors (Lipinski definition) is 2. The van der Waals surface area contributed by atoms with Crippen molar-refractivity contribution in [3.63, 3.8) is 0 Å². The van der Waals surface area contributed by atoms with Crippen LogP contribution in [0.3, 0.4) is 0 Å². The maximum absolute atomic E-state index is 12.1. The number of anilines is 3. The van der Waals surface area contributed by atoms with E-state index in [9.17, 15) is 4.79 Å². The van der Waals surface area contributed by atoms with E-state index in [0.717, 1.165) is 15.8 Å². The fourth-order valence-corrected chi connectivity index (χ4v) is 2.16. The summed E-state index contributed by atoms with van der Waals surface area (Å²) in [6.45, 7) is 0. The predicted molar refractivity (Wildman–Crippen MR) is 87.3 cm³/mol. The standard InChI is InChI=1S/C15H16BrN3O/c1-19(2)12-6-4-11(5-7-12)18-15(20)13-8-3-10(16)9-14(13)17/h3-9H,17H2,1-2H3,(H,18,20). The van der Waals surface area contributed by atoms with Crippen molar-refractivity contribution in [1.82, 2.24) is 0 Å². The average Bonchev–Trinajstić information content (AvgIpc) is 2.39. The Bertz CT molecular complexity index is 624. The van der Waals surface area contributed by atoms with E-state index in [1.165, 1.54) is 0 Å². The SMILES string of the molecule is CN(C)c1ccc(NC(=O)c2ccc(Br)cc2N)cc1. The first-order valence-electron chi connectivity index (χ1n) is 6.11. The minimum atomic E-state index is -0.215. The third-order valence-electron chi connectivity index (χ3n) is 2.90. The highest BCUT2D eigenvalue weighted by atomic mass is 79.9. The molecular weight excluding hydrogens is 318 g/mol. The van der Waals surface area contributed by atoms with Gasteiger partial charge in [-0.1, -0.05) is 15.9 Å². The molecule has 5 heteroatoms. The van der Waals surface area contributed by atoms with Crippen LogP contribution in [0.4, 0.5) is 17.1 Å². The van der Waals surface area contributed by atoms with E-state index < -0.39 is 0 Å². The Labute approximate surface area is 126 Å². The minimum Gasteiger partial charge on any atom is -0.398 e. The summed E-state index contributed by atoms with van der Waals surface area (Å²) < 4.78 is 0.849. The van der Waals surface area contributed by atoms with E-state index in [4.69, 9.17) is 5.73 Å². The van der Waals surface area contributed by atoms with Gasteiger partial charge in [-0.15, -0.1) is 0 Å². The van der Waals surface area contributed by atoms with Crippen LogP contribution in [0.1, 0.15) is 10.4 Å². The van der Waals surface area contributed by atoms with Gasteiger partial charge in [-0.2, -0.15) is 0 Å². The van der Waals surface area contributed by atoms with Crippen LogP contribution < -0.4 is 16.0 Å². The number of carbonyl (C=O) groups excluding carboxylic acids is 1. The molecule has 2 aromatic rings. The first-order chi connectivity index (χ1) is 9.47. The number of carbonyl (C=O) groups is 1. The van der Waals surface area contributed by atoms with Crippen LogP contribution in [0.15, 0.2) is 46.9 Å². The number of hydrogen-bond acceptors (Lipinski definition) is 3. The Balaban J connectivity index is 2.15. The van der Waals surface area contributed by atoms with Gasteiger partial charge in [0.25, 0.3) is 5.91 Å². The summed E-state index contributed by atoms with van der Waals surface area (Å²) in [5.41, 5.74) is 8.57. The van der Waals surface area contributed by atoms with Crippen molar-refractivity contribution >= 4 is 38.9 Å². The van der Waals surface area contributed by atoms with Crippen LogP contribution in [0.25, 0.3) is 0 Å². The average molecular weight is 334 g/mol. The zero-order valence-corrected chi connectivity index (χ0v) is 12.9. The quantitative estimate of drug-likeness (QED) is 0.847. The van der Waals surface area contributed by atoms with Crippen molar-refractivity contribution in [3.8, 4) is 0 Å². The Morgan fingerprint density at radius 3 is 2.35 bits per heavy atom. The van der Waals surface area contributed by atoms with E-state index in [0.29, 0.717) is 11.3 Å². The molecule has 0 spiro atoms. The molecule has 0 saturated carbocycles. The van der Waals surface area contributed by atoms with Crippen molar-refractivity contribution in [2.45, 2.75) is 0 Å². The molecule has 3 N–H and O–H groups in total. The van der Waals surface area contributed by atoms with Crippen LogP contribution in [-0.4, -0.2) is 20.0 Å². The smallest absolute Gasteiger partial charge is 0.257 e. The van der Waals surface area contributed by atoms with Gasteiger partial charge in [0.2, 0.25) is 0 Å². The molecule has 1 amide bonds. The van der Waals surface area contributed by atoms with E-state index in [-0.39, 0.29) is 5.91 Å². The third kappa shape index (κ3) is 3.30. The van der Waals surface area contributed by atoms with Gasteiger partial charge < -0.3 is 16.0 Å². The van der Waals surface area contributed by atoms with Crippen LogP contribution in [0.5, 0.6) is 0 Å². The summed E-state index contributed by atoms with van der Waals surface area (Å²) in [6.07, 6.45) is 0. The van der Waals surface area contributed by atoms with Crippen LogP contribution in [0, 0.1) is 0 Å². The number of nitrogens with one attached hydrogen (secondary N) is 1. The Kier molecular flexibility index (Phi) is 4.29. The molecule has 0 saturated heterocycles. The molecule has 0 aliphatic heterocycles. The first-order valence-corrected chi connectivity index (χ1v) is 6.90. The van der Waals surface area contributed by atoms with Crippen LogP contribution in [0.2, 0.25) is 0 Å². The van der Waals surface area contributed by atoms with E-state index in [1.54, 1.807) is 18.2 Å². The van der Waals surface area contributed by atoms with Gasteiger partial charge in [0, 0.05) is 35.6 Å². The van der Waals surface area contributed by atoms with Gasteiger partial charge in [-0.3, -0.25) is 4.79 Å². The summed E-state index contributed by atoms with van der Waals surface area (Å²) in [7, 11) is 3.94. The van der Waals surface area contributed by atoms with Crippen molar-refractivity contribution in [1.29, 1.82) is 0 Å². The second kappa shape index (κ2) is 5.96. The largest absolute Gasteiger partial charge is 0.398 e. The highest BCUT2D eigenvalue weighted by Crippen LogP contribution is 2.21. The molecule has 0 unspecified atom stereocenters. The summed E-state index contributed by atoms with van der Waals surface area (Å²) in [5.74, 6) is -0.215. The molecule has 4 nitrogen and oxygen atoms in total.